The van der Waals surface area contributed by atoms with Crippen LogP contribution in [0, 0.1) is 11.6 Å². The first-order chi connectivity index (χ1) is 6.68. The maximum atomic E-state index is 12.9. The van der Waals surface area contributed by atoms with Crippen LogP contribution in [-0.4, -0.2) is 0 Å². The van der Waals surface area contributed by atoms with Crippen molar-refractivity contribution in [1.29, 1.82) is 0 Å². The first kappa shape index (κ1) is 8.74. The second kappa shape index (κ2) is 3.14. The Kier molecular flexibility index (Phi) is 1.96. The van der Waals surface area contributed by atoms with Crippen molar-refractivity contribution < 1.29 is 13.2 Å². The Labute approximate surface area is 79.0 Å². The summed E-state index contributed by atoms with van der Waals surface area (Å²) in [5, 5.41) is 0. The average molecular weight is 195 g/mol. The van der Waals surface area contributed by atoms with Gasteiger partial charge < -0.3 is 10.2 Å². The third-order valence-electron chi connectivity index (χ3n) is 1.91. The van der Waals surface area contributed by atoms with Crippen LogP contribution in [0.3, 0.4) is 0 Å². The molecule has 0 aliphatic heterocycles. The number of nitrogen functional groups attached to an aromatic ring is 1. The van der Waals surface area contributed by atoms with E-state index in [-0.39, 0.29) is 5.69 Å². The summed E-state index contributed by atoms with van der Waals surface area (Å²) in [4.78, 5) is 0. The zero-order chi connectivity index (χ0) is 10.1. The van der Waals surface area contributed by atoms with Gasteiger partial charge in [0.15, 0.2) is 11.6 Å². The number of rotatable bonds is 1. The van der Waals surface area contributed by atoms with Crippen molar-refractivity contribution in [3.8, 4) is 11.1 Å². The van der Waals surface area contributed by atoms with Gasteiger partial charge in [0.2, 0.25) is 0 Å². The topological polar surface area (TPSA) is 39.2 Å². The van der Waals surface area contributed by atoms with Crippen LogP contribution >= 0.6 is 0 Å². The van der Waals surface area contributed by atoms with Crippen molar-refractivity contribution in [1.82, 2.24) is 0 Å². The molecule has 0 radical (unpaired) electrons. The predicted molar refractivity (Wildman–Crippen MR) is 48.5 cm³/mol. The lowest BCUT2D eigenvalue weighted by molar-refractivity contribution is 0.512. The fourth-order valence-electron chi connectivity index (χ4n) is 1.21. The van der Waals surface area contributed by atoms with Gasteiger partial charge in [-0.3, -0.25) is 0 Å². The number of hydrogen-bond acceptors (Lipinski definition) is 2. The number of halogens is 2. The van der Waals surface area contributed by atoms with Crippen LogP contribution in [0.25, 0.3) is 11.1 Å². The lowest BCUT2D eigenvalue weighted by Crippen LogP contribution is -1.94. The lowest BCUT2D eigenvalue weighted by Gasteiger charge is -2.01. The summed E-state index contributed by atoms with van der Waals surface area (Å²) in [6.45, 7) is 0. The molecule has 0 bridgehead atoms. The van der Waals surface area contributed by atoms with Crippen molar-refractivity contribution >= 4 is 5.69 Å². The largest absolute Gasteiger partial charge is 0.472 e. The van der Waals surface area contributed by atoms with E-state index in [1.54, 1.807) is 6.07 Å². The lowest BCUT2D eigenvalue weighted by atomic mass is 10.1. The number of anilines is 1. The van der Waals surface area contributed by atoms with Crippen LogP contribution in [0.15, 0.2) is 35.1 Å². The minimum Gasteiger partial charge on any atom is -0.472 e. The van der Waals surface area contributed by atoms with E-state index in [1.165, 1.54) is 18.6 Å². The third-order valence-corrected chi connectivity index (χ3v) is 1.91. The minimum atomic E-state index is -1.02. The first-order valence-corrected chi connectivity index (χ1v) is 3.95. The van der Waals surface area contributed by atoms with Gasteiger partial charge in [0.05, 0.1) is 18.2 Å². The molecule has 0 amide bonds. The van der Waals surface area contributed by atoms with Gasteiger partial charge in [0, 0.05) is 5.56 Å². The monoisotopic (exact) mass is 195 g/mol. The Morgan fingerprint density at radius 1 is 1.14 bits per heavy atom. The van der Waals surface area contributed by atoms with Gasteiger partial charge in [-0.1, -0.05) is 0 Å². The van der Waals surface area contributed by atoms with Crippen LogP contribution in [-0.2, 0) is 0 Å². The minimum absolute atomic E-state index is 0.207. The summed E-state index contributed by atoms with van der Waals surface area (Å²) in [6.07, 6.45) is 2.89. The quantitative estimate of drug-likeness (QED) is 0.710. The summed E-state index contributed by atoms with van der Waals surface area (Å²) >= 11 is 0. The highest BCUT2D eigenvalue weighted by molar-refractivity contribution is 5.66. The second-order valence-corrected chi connectivity index (χ2v) is 2.87. The van der Waals surface area contributed by atoms with Gasteiger partial charge in [0.25, 0.3) is 0 Å². The SMILES string of the molecule is Nc1cc(-c2ccoc2)cc(F)c1F. The Bertz CT molecular complexity index is 428. The van der Waals surface area contributed by atoms with Crippen LogP contribution in [0.1, 0.15) is 0 Å². The zero-order valence-corrected chi connectivity index (χ0v) is 7.13. The summed E-state index contributed by atoms with van der Waals surface area (Å²) in [5.74, 6) is -1.97. The Morgan fingerprint density at radius 3 is 2.50 bits per heavy atom. The molecule has 4 heteroatoms. The predicted octanol–water partition coefficient (Wildman–Crippen LogP) is 2.81. The molecule has 0 saturated carbocycles. The molecule has 0 aliphatic carbocycles. The van der Waals surface area contributed by atoms with E-state index in [1.807, 2.05) is 0 Å². The van der Waals surface area contributed by atoms with Gasteiger partial charge >= 0.3 is 0 Å². The molecule has 2 nitrogen and oxygen atoms in total. The third kappa shape index (κ3) is 1.35. The van der Waals surface area contributed by atoms with Gasteiger partial charge in [-0.05, 0) is 23.8 Å². The maximum Gasteiger partial charge on any atom is 0.181 e. The summed E-state index contributed by atoms with van der Waals surface area (Å²) in [6, 6.07) is 4.09. The van der Waals surface area contributed by atoms with Gasteiger partial charge in [-0.2, -0.15) is 0 Å². The van der Waals surface area contributed by atoms with E-state index >= 15 is 0 Å². The van der Waals surface area contributed by atoms with Gasteiger partial charge in [-0.15, -0.1) is 0 Å². The molecule has 2 rings (SSSR count). The maximum absolute atomic E-state index is 12.9. The molecular weight excluding hydrogens is 188 g/mol. The molecule has 14 heavy (non-hydrogen) atoms. The molecule has 1 aromatic heterocycles. The Balaban J connectivity index is 2.57. The highest BCUT2D eigenvalue weighted by Gasteiger charge is 2.09. The van der Waals surface area contributed by atoms with Crippen molar-refractivity contribution in [2.75, 3.05) is 5.73 Å². The van der Waals surface area contributed by atoms with Crippen molar-refractivity contribution in [2.45, 2.75) is 0 Å². The number of nitrogens with two attached hydrogens (primary N) is 1. The fraction of sp³-hybridized carbons (Fsp3) is 0. The summed E-state index contributed by atoms with van der Waals surface area (Å²) < 4.78 is 30.6. The van der Waals surface area contributed by atoms with E-state index in [9.17, 15) is 8.78 Å². The van der Waals surface area contributed by atoms with Gasteiger partial charge in [0.1, 0.15) is 0 Å². The van der Waals surface area contributed by atoms with E-state index < -0.39 is 11.6 Å². The first-order valence-electron chi connectivity index (χ1n) is 3.95. The highest BCUT2D eigenvalue weighted by Crippen LogP contribution is 2.25. The molecule has 2 aromatic rings. The van der Waals surface area contributed by atoms with E-state index in [0.717, 1.165) is 6.07 Å². The molecule has 0 saturated heterocycles. The van der Waals surface area contributed by atoms with Crippen LogP contribution in [0.5, 0.6) is 0 Å². The van der Waals surface area contributed by atoms with Crippen LogP contribution < -0.4 is 5.73 Å². The molecule has 0 unspecified atom stereocenters. The smallest absolute Gasteiger partial charge is 0.181 e. The molecule has 0 fully saturated rings. The van der Waals surface area contributed by atoms with E-state index in [2.05, 4.69) is 0 Å². The summed E-state index contributed by atoms with van der Waals surface area (Å²) in [5.41, 5.74) is 6.23. The molecule has 0 aliphatic rings. The summed E-state index contributed by atoms with van der Waals surface area (Å²) in [7, 11) is 0. The van der Waals surface area contributed by atoms with E-state index in [4.69, 9.17) is 10.2 Å². The molecule has 1 heterocycles. The van der Waals surface area contributed by atoms with Crippen molar-refractivity contribution in [3.63, 3.8) is 0 Å². The molecule has 72 valence electrons. The average Bonchev–Trinajstić information content (AvgIpc) is 2.66. The number of benzene rings is 1. The molecule has 1 aromatic carbocycles. The Morgan fingerprint density at radius 2 is 1.93 bits per heavy atom. The standard InChI is InChI=1S/C10H7F2NO/c11-8-3-7(4-9(13)10(8)12)6-1-2-14-5-6/h1-5H,13H2. The van der Waals surface area contributed by atoms with E-state index in [0.29, 0.717) is 11.1 Å². The second-order valence-electron chi connectivity index (χ2n) is 2.87. The van der Waals surface area contributed by atoms with Crippen LogP contribution in [0.4, 0.5) is 14.5 Å². The number of hydrogen-bond donors (Lipinski definition) is 1. The van der Waals surface area contributed by atoms with Crippen molar-refractivity contribution in [2.24, 2.45) is 0 Å². The van der Waals surface area contributed by atoms with Gasteiger partial charge in [-0.25, -0.2) is 8.78 Å². The van der Waals surface area contributed by atoms with Crippen LogP contribution in [0.2, 0.25) is 0 Å². The molecule has 2 N–H and O–H groups in total. The molecule has 0 atom stereocenters. The van der Waals surface area contributed by atoms with Crippen molar-refractivity contribution in [3.05, 3.63) is 42.4 Å². The number of furan rings is 1. The molecular formula is C10H7F2NO. The normalized spacial score (nSPS) is 10.4. The Hall–Kier alpha value is -1.84. The highest BCUT2D eigenvalue weighted by atomic mass is 19.2. The zero-order valence-electron chi connectivity index (χ0n) is 7.13. The molecule has 0 spiro atoms. The fourth-order valence-corrected chi connectivity index (χ4v) is 1.21.